The second kappa shape index (κ2) is 7.79. The lowest BCUT2D eigenvalue weighted by molar-refractivity contribution is -0.116. The quantitative estimate of drug-likeness (QED) is 0.501. The van der Waals surface area contributed by atoms with Crippen LogP contribution >= 0.6 is 15.9 Å². The zero-order valence-electron chi connectivity index (χ0n) is 16.4. The number of carbonyl (C=O) groups excluding carboxylic acids is 1. The van der Waals surface area contributed by atoms with E-state index in [1.807, 2.05) is 25.1 Å². The summed E-state index contributed by atoms with van der Waals surface area (Å²) < 4.78 is 5.08. The molecule has 0 atom stereocenters. The summed E-state index contributed by atoms with van der Waals surface area (Å²) in [6.45, 7) is 1.63. The number of hydrogen-bond acceptors (Lipinski definition) is 3. The smallest absolute Gasteiger partial charge is 0.336 e. The van der Waals surface area contributed by atoms with Crippen molar-refractivity contribution in [3.05, 3.63) is 91.7 Å². The molecule has 7 nitrogen and oxygen atoms in total. The van der Waals surface area contributed by atoms with Crippen molar-refractivity contribution in [2.75, 3.05) is 5.32 Å². The van der Waals surface area contributed by atoms with Crippen molar-refractivity contribution < 1.29 is 4.79 Å². The van der Waals surface area contributed by atoms with Crippen molar-refractivity contribution >= 4 is 38.6 Å². The van der Waals surface area contributed by atoms with E-state index in [0.717, 1.165) is 14.7 Å². The third-order valence-corrected chi connectivity index (χ3v) is 5.54. The van der Waals surface area contributed by atoms with Crippen LogP contribution in [0.25, 0.3) is 16.7 Å². The number of halogens is 1. The van der Waals surface area contributed by atoms with Gasteiger partial charge >= 0.3 is 5.69 Å². The van der Waals surface area contributed by atoms with Gasteiger partial charge in [0.05, 0.1) is 11.2 Å². The molecule has 152 valence electrons. The zero-order valence-corrected chi connectivity index (χ0v) is 18.0. The van der Waals surface area contributed by atoms with Gasteiger partial charge in [0.15, 0.2) is 0 Å². The first-order valence-electron chi connectivity index (χ1n) is 9.29. The summed E-state index contributed by atoms with van der Waals surface area (Å²) in [4.78, 5) is 39.2. The highest BCUT2D eigenvalue weighted by Gasteiger charge is 2.20. The average Bonchev–Trinajstić information content (AvgIpc) is 3.02. The first-order chi connectivity index (χ1) is 14.4. The maximum Gasteiger partial charge on any atom is 0.336 e. The topological polar surface area (TPSA) is 78.0 Å². The molecular weight excluding hydrogens is 448 g/mol. The maximum absolute atomic E-state index is 13.3. The molecule has 0 aliphatic rings. The molecule has 0 saturated carbocycles. The number of fused-ring (bicyclic) bond motifs is 1. The highest BCUT2D eigenvalue weighted by Crippen LogP contribution is 2.16. The van der Waals surface area contributed by atoms with Crippen molar-refractivity contribution in [2.24, 2.45) is 7.05 Å². The Kier molecular flexibility index (Phi) is 5.17. The predicted molar refractivity (Wildman–Crippen MR) is 120 cm³/mol. The Morgan fingerprint density at radius 2 is 1.70 bits per heavy atom. The molecule has 2 aromatic carbocycles. The SMILES string of the molecule is Cc1cc2c(c(=O)n(-c3ccccc3)c(=O)n2CC(=O)Nc2ccc(Br)cc2)n1C. The lowest BCUT2D eigenvalue weighted by atomic mass is 10.3. The molecule has 0 unspecified atom stereocenters. The molecule has 30 heavy (non-hydrogen) atoms. The van der Waals surface area contributed by atoms with Crippen LogP contribution < -0.4 is 16.6 Å². The second-order valence-electron chi connectivity index (χ2n) is 6.98. The van der Waals surface area contributed by atoms with Crippen molar-refractivity contribution in [3.8, 4) is 5.69 Å². The zero-order chi connectivity index (χ0) is 21.4. The van der Waals surface area contributed by atoms with Crippen LogP contribution in [0.4, 0.5) is 5.69 Å². The number of rotatable bonds is 4. The van der Waals surface area contributed by atoms with Gasteiger partial charge in [-0.25, -0.2) is 9.36 Å². The molecule has 1 amide bonds. The fourth-order valence-corrected chi connectivity index (χ4v) is 3.69. The molecule has 0 aliphatic carbocycles. The van der Waals surface area contributed by atoms with Gasteiger partial charge in [-0.2, -0.15) is 0 Å². The van der Waals surface area contributed by atoms with Crippen LogP contribution in [0.3, 0.4) is 0 Å². The summed E-state index contributed by atoms with van der Waals surface area (Å²) in [6.07, 6.45) is 0. The number of anilines is 1. The van der Waals surface area contributed by atoms with Crippen molar-refractivity contribution in [2.45, 2.75) is 13.5 Å². The third kappa shape index (κ3) is 3.50. The molecule has 0 bridgehead atoms. The Morgan fingerprint density at radius 1 is 1.03 bits per heavy atom. The van der Waals surface area contributed by atoms with E-state index in [1.54, 1.807) is 54.1 Å². The van der Waals surface area contributed by atoms with Crippen LogP contribution in [0.5, 0.6) is 0 Å². The number of aromatic nitrogens is 3. The lowest BCUT2D eigenvalue weighted by Gasteiger charge is -2.13. The van der Waals surface area contributed by atoms with Gasteiger partial charge in [-0.3, -0.25) is 14.2 Å². The minimum atomic E-state index is -0.560. The molecule has 2 heterocycles. The Morgan fingerprint density at radius 3 is 2.37 bits per heavy atom. The van der Waals surface area contributed by atoms with E-state index >= 15 is 0 Å². The van der Waals surface area contributed by atoms with Crippen molar-refractivity contribution in [1.82, 2.24) is 13.7 Å². The third-order valence-electron chi connectivity index (χ3n) is 5.02. The van der Waals surface area contributed by atoms with E-state index in [4.69, 9.17) is 0 Å². The van der Waals surface area contributed by atoms with Crippen LogP contribution in [-0.2, 0) is 18.4 Å². The minimum Gasteiger partial charge on any atom is -0.342 e. The summed E-state index contributed by atoms with van der Waals surface area (Å²) in [6, 6.07) is 17.6. The fraction of sp³-hybridized carbons (Fsp3) is 0.136. The van der Waals surface area contributed by atoms with Gasteiger partial charge in [-0.1, -0.05) is 34.1 Å². The standard InChI is InChI=1S/C22H19BrN4O3/c1-14-12-18-20(25(14)2)21(29)27(17-6-4-3-5-7-17)22(30)26(18)13-19(28)24-16-10-8-15(23)9-11-16/h3-12H,13H2,1-2H3,(H,24,28). The lowest BCUT2D eigenvalue weighted by Crippen LogP contribution is -2.41. The fourth-order valence-electron chi connectivity index (χ4n) is 3.42. The largest absolute Gasteiger partial charge is 0.342 e. The number of para-hydroxylation sites is 1. The summed E-state index contributed by atoms with van der Waals surface area (Å²) >= 11 is 3.36. The van der Waals surface area contributed by atoms with Crippen LogP contribution in [0.1, 0.15) is 5.69 Å². The van der Waals surface area contributed by atoms with E-state index in [0.29, 0.717) is 22.4 Å². The highest BCUT2D eigenvalue weighted by molar-refractivity contribution is 9.10. The van der Waals surface area contributed by atoms with Gasteiger partial charge in [0.2, 0.25) is 5.91 Å². The van der Waals surface area contributed by atoms with E-state index in [1.165, 1.54) is 4.57 Å². The van der Waals surface area contributed by atoms with Crippen molar-refractivity contribution in [1.29, 1.82) is 0 Å². The van der Waals surface area contributed by atoms with Crippen LogP contribution in [0.15, 0.2) is 74.7 Å². The Labute approximate surface area is 180 Å². The molecule has 2 aromatic heterocycles. The summed E-state index contributed by atoms with van der Waals surface area (Å²) in [5, 5.41) is 2.79. The van der Waals surface area contributed by atoms with Crippen LogP contribution in [-0.4, -0.2) is 19.6 Å². The molecule has 1 N–H and O–H groups in total. The van der Waals surface area contributed by atoms with Crippen molar-refractivity contribution in [3.63, 3.8) is 0 Å². The minimum absolute atomic E-state index is 0.220. The number of benzene rings is 2. The van der Waals surface area contributed by atoms with Gasteiger partial charge in [-0.15, -0.1) is 0 Å². The number of amides is 1. The number of nitrogens with zero attached hydrogens (tertiary/aromatic N) is 3. The van der Waals surface area contributed by atoms with Gasteiger partial charge in [0, 0.05) is 22.9 Å². The van der Waals surface area contributed by atoms with Gasteiger partial charge in [0.25, 0.3) is 5.56 Å². The Balaban J connectivity index is 1.85. The van der Waals surface area contributed by atoms with Gasteiger partial charge in [-0.05, 0) is 49.4 Å². The monoisotopic (exact) mass is 466 g/mol. The molecule has 0 spiro atoms. The number of aryl methyl sites for hydroxylation is 2. The van der Waals surface area contributed by atoms with Gasteiger partial charge in [0.1, 0.15) is 12.1 Å². The highest BCUT2D eigenvalue weighted by atomic mass is 79.9. The maximum atomic E-state index is 13.3. The molecule has 8 heteroatoms. The molecular formula is C22H19BrN4O3. The second-order valence-corrected chi connectivity index (χ2v) is 7.89. The first-order valence-corrected chi connectivity index (χ1v) is 10.1. The van der Waals surface area contributed by atoms with E-state index in [-0.39, 0.29) is 12.5 Å². The normalized spacial score (nSPS) is 11.0. The summed E-state index contributed by atoms with van der Waals surface area (Å²) in [5.41, 5.74) is 1.71. The molecule has 0 saturated heterocycles. The van der Waals surface area contributed by atoms with Gasteiger partial charge < -0.3 is 9.88 Å². The predicted octanol–water partition coefficient (Wildman–Crippen LogP) is 3.20. The summed E-state index contributed by atoms with van der Waals surface area (Å²) in [5.74, 6) is -0.361. The molecule has 0 aliphatic heterocycles. The number of carbonyl (C=O) groups is 1. The molecule has 0 fully saturated rings. The van der Waals surface area contributed by atoms with Crippen LogP contribution in [0, 0.1) is 6.92 Å². The first kappa shape index (κ1) is 19.9. The average molecular weight is 467 g/mol. The number of hydrogen-bond donors (Lipinski definition) is 1. The number of nitrogens with one attached hydrogen (secondary N) is 1. The van der Waals surface area contributed by atoms with E-state index in [2.05, 4.69) is 21.2 Å². The van der Waals surface area contributed by atoms with E-state index in [9.17, 15) is 14.4 Å². The Hall–Kier alpha value is -3.39. The molecule has 4 rings (SSSR count). The molecule has 0 radical (unpaired) electrons. The Bertz CT molecular complexity index is 1370. The van der Waals surface area contributed by atoms with E-state index < -0.39 is 11.2 Å². The van der Waals surface area contributed by atoms with Crippen LogP contribution in [0.2, 0.25) is 0 Å². The summed E-state index contributed by atoms with van der Waals surface area (Å²) in [7, 11) is 1.77. The molecule has 4 aromatic rings.